The second-order valence-corrected chi connectivity index (χ2v) is 3.65. The van der Waals surface area contributed by atoms with Crippen LogP contribution in [0.2, 0.25) is 0 Å². The first-order valence-electron chi connectivity index (χ1n) is 4.11. The van der Waals surface area contributed by atoms with Gasteiger partial charge in [0.1, 0.15) is 0 Å². The van der Waals surface area contributed by atoms with Gasteiger partial charge < -0.3 is 0 Å². The summed E-state index contributed by atoms with van der Waals surface area (Å²) < 4.78 is 0. The molecule has 56 valence electrons. The molecule has 1 nitrogen and oxygen atoms in total. The molecule has 0 aromatic rings. The lowest BCUT2D eigenvalue weighted by Crippen LogP contribution is -1.95. The van der Waals surface area contributed by atoms with Crippen LogP contribution in [0, 0.1) is 29.1 Å². The molecule has 0 N–H and O–H groups in total. The molecular weight excluding hydrogens is 122 g/mol. The summed E-state index contributed by atoms with van der Waals surface area (Å²) >= 11 is 0. The van der Waals surface area contributed by atoms with Gasteiger partial charge in [0.15, 0.2) is 0 Å². The maximum absolute atomic E-state index is 8.45. The molecule has 0 saturated heterocycles. The van der Waals surface area contributed by atoms with E-state index in [0.717, 1.165) is 18.3 Å². The van der Waals surface area contributed by atoms with E-state index in [9.17, 15) is 0 Å². The van der Waals surface area contributed by atoms with Gasteiger partial charge in [-0.1, -0.05) is 13.8 Å². The van der Waals surface area contributed by atoms with Gasteiger partial charge in [-0.15, -0.1) is 0 Å². The van der Waals surface area contributed by atoms with Gasteiger partial charge in [0.05, 0.1) is 6.07 Å². The zero-order valence-corrected chi connectivity index (χ0v) is 6.80. The Bertz CT molecular complexity index is 135. The van der Waals surface area contributed by atoms with Crippen molar-refractivity contribution in [1.29, 1.82) is 5.26 Å². The third-order valence-corrected chi connectivity index (χ3v) is 2.76. The van der Waals surface area contributed by atoms with Crippen molar-refractivity contribution in [3.63, 3.8) is 0 Å². The predicted molar refractivity (Wildman–Crippen MR) is 41.3 cm³/mol. The highest BCUT2D eigenvalue weighted by atomic mass is 14.3. The number of rotatable bonds is 1. The highest BCUT2D eigenvalue weighted by Gasteiger charge is 2.27. The number of hydrogen-bond donors (Lipinski definition) is 0. The normalized spacial score (nSPS) is 39.5. The molecule has 2 atom stereocenters. The van der Waals surface area contributed by atoms with Crippen LogP contribution in [0.4, 0.5) is 0 Å². The van der Waals surface area contributed by atoms with Crippen LogP contribution < -0.4 is 0 Å². The summed E-state index contributed by atoms with van der Waals surface area (Å²) in [6, 6.07) is 2.25. The average molecular weight is 137 g/mol. The molecule has 0 heterocycles. The summed E-state index contributed by atoms with van der Waals surface area (Å²) in [4.78, 5) is 0. The van der Waals surface area contributed by atoms with Crippen LogP contribution >= 0.6 is 0 Å². The Labute approximate surface area is 63.0 Å². The smallest absolute Gasteiger partial charge is 0.0624 e. The lowest BCUT2D eigenvalue weighted by atomic mass is 10.0. The molecule has 1 heteroatoms. The van der Waals surface area contributed by atoms with Crippen LogP contribution in [0.1, 0.15) is 33.1 Å². The van der Waals surface area contributed by atoms with E-state index in [1.165, 1.54) is 12.8 Å². The van der Waals surface area contributed by atoms with E-state index in [-0.39, 0.29) is 0 Å². The molecule has 0 aliphatic heterocycles. The largest absolute Gasteiger partial charge is 0.198 e. The van der Waals surface area contributed by atoms with Crippen molar-refractivity contribution >= 4 is 0 Å². The topological polar surface area (TPSA) is 23.8 Å². The Morgan fingerprint density at radius 3 is 2.20 bits per heavy atom. The van der Waals surface area contributed by atoms with E-state index in [0.29, 0.717) is 5.92 Å². The first kappa shape index (κ1) is 7.60. The minimum absolute atomic E-state index is 0.704. The summed E-state index contributed by atoms with van der Waals surface area (Å²) in [6.45, 7) is 4.59. The van der Waals surface area contributed by atoms with E-state index >= 15 is 0 Å². The molecule has 0 bridgehead atoms. The standard InChI is InChI=1S/C9H15N/c1-7-5-9(3-4-10)6-8(7)2/h7-9H,3,5-6H2,1-2H3. The van der Waals surface area contributed by atoms with Crippen molar-refractivity contribution in [2.24, 2.45) is 17.8 Å². The van der Waals surface area contributed by atoms with Crippen molar-refractivity contribution in [2.75, 3.05) is 0 Å². The van der Waals surface area contributed by atoms with Crippen LogP contribution in [0.3, 0.4) is 0 Å². The number of hydrogen-bond acceptors (Lipinski definition) is 1. The monoisotopic (exact) mass is 137 g/mol. The lowest BCUT2D eigenvalue weighted by molar-refractivity contribution is 0.457. The van der Waals surface area contributed by atoms with E-state index in [4.69, 9.17) is 5.26 Å². The molecule has 1 saturated carbocycles. The third-order valence-electron chi connectivity index (χ3n) is 2.76. The van der Waals surface area contributed by atoms with Crippen molar-refractivity contribution in [3.8, 4) is 6.07 Å². The zero-order valence-electron chi connectivity index (χ0n) is 6.80. The Balaban J connectivity index is 2.35. The van der Waals surface area contributed by atoms with Crippen molar-refractivity contribution in [1.82, 2.24) is 0 Å². The minimum atomic E-state index is 0.704. The summed E-state index contributed by atoms with van der Waals surface area (Å²) in [5, 5.41) is 8.45. The molecule has 2 unspecified atom stereocenters. The van der Waals surface area contributed by atoms with Crippen LogP contribution in [0.15, 0.2) is 0 Å². The number of nitriles is 1. The molecule has 1 aliphatic carbocycles. The predicted octanol–water partition coefficient (Wildman–Crippen LogP) is 2.58. The van der Waals surface area contributed by atoms with Gasteiger partial charge in [-0.05, 0) is 30.6 Å². The molecule has 10 heavy (non-hydrogen) atoms. The van der Waals surface area contributed by atoms with Gasteiger partial charge in [-0.2, -0.15) is 5.26 Å². The Kier molecular flexibility index (Phi) is 2.32. The Hall–Kier alpha value is -0.510. The second kappa shape index (κ2) is 3.05. The molecule has 0 aromatic carbocycles. The highest BCUT2D eigenvalue weighted by Crippen LogP contribution is 2.36. The zero-order chi connectivity index (χ0) is 7.56. The molecule has 1 aliphatic rings. The maximum atomic E-state index is 8.45. The summed E-state index contributed by atoms with van der Waals surface area (Å²) in [7, 11) is 0. The molecule has 0 radical (unpaired) electrons. The quantitative estimate of drug-likeness (QED) is 0.545. The van der Waals surface area contributed by atoms with Gasteiger partial charge in [-0.25, -0.2) is 0 Å². The minimum Gasteiger partial charge on any atom is -0.198 e. The highest BCUT2D eigenvalue weighted by molar-refractivity contribution is 4.84. The van der Waals surface area contributed by atoms with Gasteiger partial charge in [-0.3, -0.25) is 0 Å². The SMILES string of the molecule is CC1CC(CC#N)CC1C. The van der Waals surface area contributed by atoms with Crippen LogP contribution in [0.25, 0.3) is 0 Å². The summed E-state index contributed by atoms with van der Waals surface area (Å²) in [6.07, 6.45) is 3.32. The van der Waals surface area contributed by atoms with Crippen LogP contribution in [-0.2, 0) is 0 Å². The van der Waals surface area contributed by atoms with E-state index in [1.54, 1.807) is 0 Å². The molecule has 0 spiro atoms. The fraction of sp³-hybridized carbons (Fsp3) is 0.889. The molecular formula is C9H15N. The first-order chi connectivity index (χ1) is 4.74. The lowest BCUT2D eigenvalue weighted by Gasteiger charge is -2.04. The van der Waals surface area contributed by atoms with E-state index < -0.39 is 0 Å². The van der Waals surface area contributed by atoms with Gasteiger partial charge >= 0.3 is 0 Å². The van der Waals surface area contributed by atoms with Crippen LogP contribution in [0.5, 0.6) is 0 Å². The van der Waals surface area contributed by atoms with Crippen LogP contribution in [-0.4, -0.2) is 0 Å². The Morgan fingerprint density at radius 1 is 1.30 bits per heavy atom. The first-order valence-corrected chi connectivity index (χ1v) is 4.11. The summed E-state index contributed by atoms with van der Waals surface area (Å²) in [5.74, 6) is 2.40. The van der Waals surface area contributed by atoms with Gasteiger partial charge in [0.2, 0.25) is 0 Å². The molecule has 1 fully saturated rings. The molecule has 0 amide bonds. The van der Waals surface area contributed by atoms with Gasteiger partial charge in [0.25, 0.3) is 0 Å². The third kappa shape index (κ3) is 1.50. The van der Waals surface area contributed by atoms with Gasteiger partial charge in [0, 0.05) is 6.42 Å². The fourth-order valence-corrected chi connectivity index (χ4v) is 1.91. The van der Waals surface area contributed by atoms with Crippen molar-refractivity contribution < 1.29 is 0 Å². The fourth-order valence-electron chi connectivity index (χ4n) is 1.91. The Morgan fingerprint density at radius 2 is 1.80 bits per heavy atom. The van der Waals surface area contributed by atoms with E-state index in [2.05, 4.69) is 19.9 Å². The average Bonchev–Trinajstić information content (AvgIpc) is 2.14. The summed E-state index contributed by atoms with van der Waals surface area (Å²) in [5.41, 5.74) is 0. The number of nitrogens with zero attached hydrogens (tertiary/aromatic N) is 1. The van der Waals surface area contributed by atoms with Crippen molar-refractivity contribution in [3.05, 3.63) is 0 Å². The van der Waals surface area contributed by atoms with Crippen molar-refractivity contribution in [2.45, 2.75) is 33.1 Å². The van der Waals surface area contributed by atoms with E-state index in [1.807, 2.05) is 0 Å². The maximum Gasteiger partial charge on any atom is 0.0624 e. The molecule has 1 rings (SSSR count). The molecule has 0 aromatic heterocycles. The second-order valence-electron chi connectivity index (χ2n) is 3.65.